The molecule has 0 saturated carbocycles. The third-order valence-electron chi connectivity index (χ3n) is 6.54. The van der Waals surface area contributed by atoms with Gasteiger partial charge in [0.1, 0.15) is 24.7 Å². The molecule has 3 aromatic carbocycles. The van der Waals surface area contributed by atoms with Crippen LogP contribution in [0.5, 0.6) is 11.5 Å². The molecule has 0 aliphatic rings. The predicted molar refractivity (Wildman–Crippen MR) is 165 cm³/mol. The van der Waals surface area contributed by atoms with Crippen LogP contribution in [0.1, 0.15) is 56.0 Å². The van der Waals surface area contributed by atoms with Crippen LogP contribution in [0.2, 0.25) is 0 Å². The highest BCUT2D eigenvalue weighted by molar-refractivity contribution is 5.91. The Balaban J connectivity index is 1.40. The van der Waals surface area contributed by atoms with Crippen molar-refractivity contribution in [3.05, 3.63) is 90.0 Å². The molecule has 0 N–H and O–H groups in total. The molecule has 1 atom stereocenters. The number of carbonyl (C=O) groups excluding carboxylic acids is 3. The Labute approximate surface area is 253 Å². The normalized spacial score (nSPS) is 11.6. The van der Waals surface area contributed by atoms with Gasteiger partial charge in [-0.2, -0.15) is 0 Å². The van der Waals surface area contributed by atoms with E-state index in [1.807, 2.05) is 57.2 Å². The van der Waals surface area contributed by atoms with Gasteiger partial charge in [-0.25, -0.2) is 9.59 Å². The fourth-order valence-corrected chi connectivity index (χ4v) is 3.72. The van der Waals surface area contributed by atoms with Crippen LogP contribution in [0.15, 0.2) is 78.9 Å². The van der Waals surface area contributed by atoms with Crippen molar-refractivity contribution >= 4 is 24.0 Å². The van der Waals surface area contributed by atoms with E-state index in [4.69, 9.17) is 23.7 Å². The summed E-state index contributed by atoms with van der Waals surface area (Å²) in [5, 5.41) is 0. The maximum atomic E-state index is 12.6. The average Bonchev–Trinajstić information content (AvgIpc) is 3.03. The van der Waals surface area contributed by atoms with Crippen molar-refractivity contribution in [3.63, 3.8) is 0 Å². The molecule has 0 saturated heterocycles. The van der Waals surface area contributed by atoms with E-state index in [1.54, 1.807) is 42.5 Å². The van der Waals surface area contributed by atoms with E-state index >= 15 is 0 Å². The van der Waals surface area contributed by atoms with Crippen LogP contribution < -0.4 is 9.47 Å². The zero-order chi connectivity index (χ0) is 30.9. The minimum absolute atomic E-state index is 0.108. The van der Waals surface area contributed by atoms with Crippen LogP contribution >= 0.6 is 0 Å². The monoisotopic (exact) mass is 588 g/mol. The Hall–Kier alpha value is -4.43. The fraction of sp³-hybridized carbons (Fsp3) is 0.343. The molecular formula is C35H40O8. The van der Waals surface area contributed by atoms with E-state index in [0.717, 1.165) is 36.0 Å². The summed E-state index contributed by atoms with van der Waals surface area (Å²) in [6.45, 7) is 7.44. The molecule has 1 unspecified atom stereocenters. The molecule has 0 aliphatic carbocycles. The van der Waals surface area contributed by atoms with Crippen LogP contribution in [-0.4, -0.2) is 50.9 Å². The SMILES string of the molecule is CCCCOC(=O)C=Cc1ccc(-c2ccc(OC(=O)c3ccc(OCCOCCOC(=O)C(C)CC)cc3)cc2)cc1. The highest BCUT2D eigenvalue weighted by atomic mass is 16.6. The van der Waals surface area contributed by atoms with Gasteiger partial charge < -0.3 is 23.7 Å². The van der Waals surface area contributed by atoms with Gasteiger partial charge in [0.15, 0.2) is 0 Å². The van der Waals surface area contributed by atoms with Gasteiger partial charge in [-0.3, -0.25) is 4.79 Å². The van der Waals surface area contributed by atoms with Crippen molar-refractivity contribution in [2.45, 2.75) is 40.0 Å². The molecule has 0 bridgehead atoms. The van der Waals surface area contributed by atoms with Crippen LogP contribution in [0.25, 0.3) is 17.2 Å². The highest BCUT2D eigenvalue weighted by Gasteiger charge is 2.12. The first-order valence-electron chi connectivity index (χ1n) is 14.6. The number of unbranched alkanes of at least 4 members (excludes halogenated alkanes) is 1. The van der Waals surface area contributed by atoms with Crippen molar-refractivity contribution in [1.82, 2.24) is 0 Å². The number of esters is 3. The Bertz CT molecular complexity index is 1310. The second-order valence-corrected chi connectivity index (χ2v) is 9.85. The van der Waals surface area contributed by atoms with E-state index in [2.05, 4.69) is 0 Å². The molecule has 0 aromatic heterocycles. The quantitative estimate of drug-likeness (QED) is 0.0726. The summed E-state index contributed by atoms with van der Waals surface area (Å²) in [5.41, 5.74) is 3.25. The lowest BCUT2D eigenvalue weighted by atomic mass is 10.0. The molecule has 0 aliphatic heterocycles. The average molecular weight is 589 g/mol. The first-order valence-corrected chi connectivity index (χ1v) is 14.6. The lowest BCUT2D eigenvalue weighted by Gasteiger charge is -2.10. The van der Waals surface area contributed by atoms with E-state index in [1.165, 1.54) is 6.08 Å². The molecule has 0 heterocycles. The van der Waals surface area contributed by atoms with Crippen LogP contribution in [0.4, 0.5) is 0 Å². The molecular weight excluding hydrogens is 548 g/mol. The second kappa shape index (κ2) is 18.2. The van der Waals surface area contributed by atoms with Gasteiger partial charge in [-0.1, -0.05) is 63.6 Å². The van der Waals surface area contributed by atoms with Crippen molar-refractivity contribution in [2.24, 2.45) is 5.92 Å². The zero-order valence-corrected chi connectivity index (χ0v) is 25.1. The zero-order valence-electron chi connectivity index (χ0n) is 25.1. The molecule has 43 heavy (non-hydrogen) atoms. The summed E-state index contributed by atoms with van der Waals surface area (Å²) >= 11 is 0. The van der Waals surface area contributed by atoms with Crippen LogP contribution in [0, 0.1) is 5.92 Å². The minimum Gasteiger partial charge on any atom is -0.491 e. The molecule has 228 valence electrons. The highest BCUT2D eigenvalue weighted by Crippen LogP contribution is 2.24. The third-order valence-corrected chi connectivity index (χ3v) is 6.54. The van der Waals surface area contributed by atoms with E-state index in [0.29, 0.717) is 43.5 Å². The summed E-state index contributed by atoms with van der Waals surface area (Å²) in [6.07, 6.45) is 5.74. The van der Waals surface area contributed by atoms with Crippen LogP contribution in [-0.2, 0) is 23.8 Å². The van der Waals surface area contributed by atoms with Crippen molar-refractivity contribution in [1.29, 1.82) is 0 Å². The number of ether oxygens (including phenoxy) is 5. The van der Waals surface area contributed by atoms with Gasteiger partial charge in [-0.05, 0) is 72.0 Å². The molecule has 8 heteroatoms. The summed E-state index contributed by atoms with van der Waals surface area (Å²) in [4.78, 5) is 36.0. The summed E-state index contributed by atoms with van der Waals surface area (Å²) < 4.78 is 26.8. The first-order chi connectivity index (χ1) is 20.9. The summed E-state index contributed by atoms with van der Waals surface area (Å²) in [6, 6.07) is 21.7. The number of rotatable bonds is 17. The molecule has 3 rings (SSSR count). The third kappa shape index (κ3) is 11.8. The second-order valence-electron chi connectivity index (χ2n) is 9.85. The predicted octanol–water partition coefficient (Wildman–Crippen LogP) is 6.91. The number of benzene rings is 3. The van der Waals surface area contributed by atoms with Gasteiger partial charge in [0.05, 0.1) is 31.3 Å². The number of carbonyl (C=O) groups is 3. The topological polar surface area (TPSA) is 97.4 Å². The molecule has 8 nitrogen and oxygen atoms in total. The van der Waals surface area contributed by atoms with Crippen LogP contribution in [0.3, 0.4) is 0 Å². The van der Waals surface area contributed by atoms with Gasteiger partial charge >= 0.3 is 17.9 Å². The minimum atomic E-state index is -0.473. The molecule has 0 spiro atoms. The smallest absolute Gasteiger partial charge is 0.343 e. The largest absolute Gasteiger partial charge is 0.491 e. The number of hydrogen-bond acceptors (Lipinski definition) is 8. The van der Waals surface area contributed by atoms with Gasteiger partial charge in [-0.15, -0.1) is 0 Å². The van der Waals surface area contributed by atoms with E-state index < -0.39 is 5.97 Å². The van der Waals surface area contributed by atoms with Gasteiger partial charge in [0, 0.05) is 6.08 Å². The molecule has 0 radical (unpaired) electrons. The number of hydrogen-bond donors (Lipinski definition) is 0. The Morgan fingerprint density at radius 3 is 2.00 bits per heavy atom. The summed E-state index contributed by atoms with van der Waals surface area (Å²) in [5.74, 6) is -0.109. The molecule has 0 amide bonds. The van der Waals surface area contributed by atoms with E-state index in [9.17, 15) is 14.4 Å². The molecule has 0 fully saturated rings. The lowest BCUT2D eigenvalue weighted by Crippen LogP contribution is -2.18. The van der Waals surface area contributed by atoms with Crippen molar-refractivity contribution < 1.29 is 38.1 Å². The summed E-state index contributed by atoms with van der Waals surface area (Å²) in [7, 11) is 0. The maximum Gasteiger partial charge on any atom is 0.343 e. The first kappa shape index (κ1) is 33.1. The molecule has 3 aromatic rings. The van der Waals surface area contributed by atoms with E-state index in [-0.39, 0.29) is 24.5 Å². The Morgan fingerprint density at radius 2 is 1.35 bits per heavy atom. The fourth-order valence-electron chi connectivity index (χ4n) is 3.72. The maximum absolute atomic E-state index is 12.6. The van der Waals surface area contributed by atoms with Gasteiger partial charge in [0.25, 0.3) is 0 Å². The van der Waals surface area contributed by atoms with Gasteiger partial charge in [0.2, 0.25) is 0 Å². The lowest BCUT2D eigenvalue weighted by molar-refractivity contribution is -0.149. The van der Waals surface area contributed by atoms with Crippen molar-refractivity contribution in [3.8, 4) is 22.6 Å². The standard InChI is InChI=1S/C35H40O8/c1-4-6-21-41-33(36)20-9-27-7-10-28(11-8-27)29-12-18-32(19-13-29)43-35(38)30-14-16-31(17-15-30)40-24-22-39-23-25-42-34(37)26(3)5-2/h7-20,26H,4-6,21-25H2,1-3H3. The Kier molecular flexibility index (Phi) is 14.0. The Morgan fingerprint density at radius 1 is 0.721 bits per heavy atom. The van der Waals surface area contributed by atoms with Crippen molar-refractivity contribution in [2.75, 3.05) is 33.0 Å².